The zero-order valence-corrected chi connectivity index (χ0v) is 11.2. The maximum absolute atomic E-state index is 11.7. The zero-order valence-electron chi connectivity index (χ0n) is 11.2. The number of carbonyl (C=O) groups is 1. The second-order valence-corrected chi connectivity index (χ2v) is 4.15. The van der Waals surface area contributed by atoms with Gasteiger partial charge in [-0.2, -0.15) is 0 Å². The van der Waals surface area contributed by atoms with Crippen LogP contribution in [0.5, 0.6) is 5.75 Å². The molecular weight excluding hydrogens is 244 g/mol. The first-order chi connectivity index (χ1) is 9.27. The van der Waals surface area contributed by atoms with E-state index in [9.17, 15) is 9.59 Å². The third-order valence-corrected chi connectivity index (χ3v) is 2.62. The Morgan fingerprint density at radius 1 is 1.16 bits per heavy atom. The fourth-order valence-corrected chi connectivity index (χ4v) is 1.58. The lowest BCUT2D eigenvalue weighted by atomic mass is 10.2. The minimum absolute atomic E-state index is 0.110. The molecule has 0 aliphatic carbocycles. The van der Waals surface area contributed by atoms with Gasteiger partial charge in [-0.05, 0) is 30.7 Å². The number of unbranched alkanes of at least 4 members (excludes halogenated alkanes) is 3. The molecule has 0 saturated carbocycles. The van der Waals surface area contributed by atoms with E-state index in [1.165, 1.54) is 0 Å². The Bertz CT molecular complexity index is 384. The highest BCUT2D eigenvalue weighted by Crippen LogP contribution is 2.13. The molecule has 0 heterocycles. The third-order valence-electron chi connectivity index (χ3n) is 2.62. The van der Waals surface area contributed by atoms with E-state index in [-0.39, 0.29) is 12.6 Å². The molecule has 1 aromatic rings. The summed E-state index contributed by atoms with van der Waals surface area (Å²) in [5.41, 5.74) is 0.484. The molecule has 0 saturated heterocycles. The Morgan fingerprint density at radius 3 is 2.53 bits per heavy atom. The van der Waals surface area contributed by atoms with E-state index in [2.05, 4.69) is 6.92 Å². The molecule has 0 bridgehead atoms. The average molecular weight is 263 g/mol. The van der Waals surface area contributed by atoms with Gasteiger partial charge < -0.3 is 9.47 Å². The van der Waals surface area contributed by atoms with Crippen LogP contribution in [-0.4, -0.2) is 25.5 Å². The number of esters is 1. The molecule has 0 aliphatic rings. The largest absolute Gasteiger partial charge is 0.485 e. The van der Waals surface area contributed by atoms with Crippen molar-refractivity contribution >= 4 is 12.3 Å². The first-order valence-corrected chi connectivity index (χ1v) is 6.53. The summed E-state index contributed by atoms with van der Waals surface area (Å²) in [7, 11) is 0. The fourth-order valence-electron chi connectivity index (χ4n) is 1.58. The molecule has 103 valence electrons. The molecule has 0 aromatic heterocycles. The highest BCUT2D eigenvalue weighted by atomic mass is 16.5. The summed E-state index contributed by atoms with van der Waals surface area (Å²) in [5.74, 6) is 0.202. The summed E-state index contributed by atoms with van der Waals surface area (Å²) in [5, 5.41) is 0. The molecule has 0 atom stereocenters. The van der Waals surface area contributed by atoms with E-state index < -0.39 is 0 Å². The van der Waals surface area contributed by atoms with Gasteiger partial charge in [-0.25, -0.2) is 4.79 Å². The van der Waals surface area contributed by atoms with Crippen molar-refractivity contribution < 1.29 is 19.1 Å². The zero-order chi connectivity index (χ0) is 13.9. The van der Waals surface area contributed by atoms with Crippen LogP contribution in [0.1, 0.15) is 43.0 Å². The van der Waals surface area contributed by atoms with Crippen molar-refractivity contribution in [1.29, 1.82) is 0 Å². The van der Waals surface area contributed by atoms with Gasteiger partial charge in [0.25, 0.3) is 0 Å². The molecule has 0 unspecified atom stereocenters. The molecule has 1 rings (SSSR count). The summed E-state index contributed by atoms with van der Waals surface area (Å²) in [4.78, 5) is 21.7. The summed E-state index contributed by atoms with van der Waals surface area (Å²) < 4.78 is 10.2. The van der Waals surface area contributed by atoms with Crippen LogP contribution in [0.4, 0.5) is 0 Å². The van der Waals surface area contributed by atoms with Gasteiger partial charge in [0.1, 0.15) is 5.75 Å². The number of benzene rings is 1. The first-order valence-electron chi connectivity index (χ1n) is 6.53. The van der Waals surface area contributed by atoms with Crippen molar-refractivity contribution in [3.8, 4) is 5.75 Å². The van der Waals surface area contributed by atoms with E-state index in [1.54, 1.807) is 30.6 Å². The van der Waals surface area contributed by atoms with Crippen LogP contribution in [-0.2, 0) is 9.53 Å². The summed E-state index contributed by atoms with van der Waals surface area (Å²) in [6, 6.07) is 6.50. The number of hydrogen-bond donors (Lipinski definition) is 0. The molecule has 4 nitrogen and oxygen atoms in total. The Balaban J connectivity index is 2.33. The fraction of sp³-hybridized carbons (Fsp3) is 0.467. The molecule has 0 amide bonds. The quantitative estimate of drug-likeness (QED) is 0.508. The molecule has 0 spiro atoms. The third kappa shape index (κ3) is 6.04. The molecule has 1 aromatic carbocycles. The SMILES string of the molecule is CCCCCCOC(=O)c1ccc(OC[C]=O)cc1. The predicted octanol–water partition coefficient (Wildman–Crippen LogP) is 2.91. The van der Waals surface area contributed by atoms with Crippen molar-refractivity contribution in [2.24, 2.45) is 0 Å². The highest BCUT2D eigenvalue weighted by molar-refractivity contribution is 5.89. The number of carbonyl (C=O) groups excluding carboxylic acids is 2. The molecule has 0 N–H and O–H groups in total. The summed E-state index contributed by atoms with van der Waals surface area (Å²) in [6.45, 7) is 2.48. The van der Waals surface area contributed by atoms with Crippen LogP contribution in [0.25, 0.3) is 0 Å². The molecule has 19 heavy (non-hydrogen) atoms. The van der Waals surface area contributed by atoms with Crippen LogP contribution in [0.15, 0.2) is 24.3 Å². The summed E-state index contributed by atoms with van der Waals surface area (Å²) >= 11 is 0. The lowest BCUT2D eigenvalue weighted by molar-refractivity contribution is 0.0498. The van der Waals surface area contributed by atoms with Gasteiger partial charge in [0.15, 0.2) is 6.61 Å². The summed E-state index contributed by atoms with van der Waals surface area (Å²) in [6.07, 6.45) is 5.94. The normalized spacial score (nSPS) is 9.95. The topological polar surface area (TPSA) is 52.6 Å². The molecule has 0 fully saturated rings. The number of rotatable bonds is 9. The minimum atomic E-state index is -0.329. The van der Waals surface area contributed by atoms with E-state index in [4.69, 9.17) is 9.47 Å². The van der Waals surface area contributed by atoms with E-state index in [0.717, 1.165) is 25.7 Å². The van der Waals surface area contributed by atoms with Crippen molar-refractivity contribution in [3.63, 3.8) is 0 Å². The second kappa shape index (κ2) is 9.14. The van der Waals surface area contributed by atoms with Gasteiger partial charge in [-0.1, -0.05) is 26.2 Å². The molecule has 0 aliphatic heterocycles. The van der Waals surface area contributed by atoms with Crippen molar-refractivity contribution in [3.05, 3.63) is 29.8 Å². The second-order valence-electron chi connectivity index (χ2n) is 4.15. The predicted molar refractivity (Wildman–Crippen MR) is 72.1 cm³/mol. The van der Waals surface area contributed by atoms with Crippen molar-refractivity contribution in [2.45, 2.75) is 32.6 Å². The monoisotopic (exact) mass is 263 g/mol. The lowest BCUT2D eigenvalue weighted by Crippen LogP contribution is -2.06. The number of hydrogen-bond acceptors (Lipinski definition) is 4. The Labute approximate surface area is 113 Å². The van der Waals surface area contributed by atoms with E-state index >= 15 is 0 Å². The van der Waals surface area contributed by atoms with Gasteiger partial charge >= 0.3 is 5.97 Å². The van der Waals surface area contributed by atoms with Crippen LogP contribution in [0.2, 0.25) is 0 Å². The van der Waals surface area contributed by atoms with E-state index in [0.29, 0.717) is 17.9 Å². The maximum atomic E-state index is 11.7. The molecule has 1 radical (unpaired) electrons. The molecular formula is C15H19O4. The van der Waals surface area contributed by atoms with Gasteiger partial charge in [-0.15, -0.1) is 0 Å². The van der Waals surface area contributed by atoms with Gasteiger partial charge in [0.2, 0.25) is 6.29 Å². The van der Waals surface area contributed by atoms with Gasteiger partial charge in [-0.3, -0.25) is 4.79 Å². The van der Waals surface area contributed by atoms with Crippen LogP contribution in [0, 0.1) is 0 Å². The lowest BCUT2D eigenvalue weighted by Gasteiger charge is -2.06. The first kappa shape index (κ1) is 15.2. The minimum Gasteiger partial charge on any atom is -0.485 e. The Hall–Kier alpha value is -1.84. The highest BCUT2D eigenvalue weighted by Gasteiger charge is 2.06. The van der Waals surface area contributed by atoms with Gasteiger partial charge in [0.05, 0.1) is 12.2 Å². The van der Waals surface area contributed by atoms with Crippen LogP contribution < -0.4 is 4.74 Å². The maximum Gasteiger partial charge on any atom is 0.338 e. The van der Waals surface area contributed by atoms with Gasteiger partial charge in [0, 0.05) is 0 Å². The van der Waals surface area contributed by atoms with Crippen molar-refractivity contribution in [1.82, 2.24) is 0 Å². The average Bonchev–Trinajstić information content (AvgIpc) is 2.45. The van der Waals surface area contributed by atoms with Crippen molar-refractivity contribution in [2.75, 3.05) is 13.2 Å². The van der Waals surface area contributed by atoms with Crippen LogP contribution in [0.3, 0.4) is 0 Å². The Kier molecular flexibility index (Phi) is 7.32. The molecule has 4 heteroatoms. The standard InChI is InChI=1S/C15H19O4/c1-2-3-4-5-11-19-15(17)13-6-8-14(9-7-13)18-12-10-16/h6-9H,2-5,11-12H2,1H3. The smallest absolute Gasteiger partial charge is 0.338 e. The number of ether oxygens (including phenoxy) is 2. The van der Waals surface area contributed by atoms with Crippen LogP contribution >= 0.6 is 0 Å². The Morgan fingerprint density at radius 2 is 1.89 bits per heavy atom. The van der Waals surface area contributed by atoms with E-state index in [1.807, 2.05) is 0 Å².